The van der Waals surface area contributed by atoms with Crippen LogP contribution in [0.15, 0.2) is 24.3 Å². The van der Waals surface area contributed by atoms with Gasteiger partial charge in [0, 0.05) is 6.04 Å². The lowest BCUT2D eigenvalue weighted by Gasteiger charge is -2.19. The molecule has 6 heteroatoms. The Hall–Kier alpha value is -1.27. The zero-order valence-corrected chi connectivity index (χ0v) is 10.8. The van der Waals surface area contributed by atoms with E-state index in [0.717, 1.165) is 6.42 Å². The van der Waals surface area contributed by atoms with Crippen LogP contribution in [0.1, 0.15) is 31.9 Å². The van der Waals surface area contributed by atoms with Gasteiger partial charge < -0.3 is 4.74 Å². The van der Waals surface area contributed by atoms with Crippen LogP contribution >= 0.6 is 0 Å². The van der Waals surface area contributed by atoms with Gasteiger partial charge in [0.25, 0.3) is 0 Å². The van der Waals surface area contributed by atoms with Crippen molar-refractivity contribution in [1.82, 2.24) is 5.43 Å². The van der Waals surface area contributed by atoms with Gasteiger partial charge in [-0.2, -0.15) is 0 Å². The molecule has 1 aromatic rings. The first-order valence-corrected chi connectivity index (χ1v) is 6.05. The number of rotatable bonds is 4. The maximum atomic E-state index is 12.2. The summed E-state index contributed by atoms with van der Waals surface area (Å²) in [6.07, 6.45) is -3.69. The molecule has 0 spiro atoms. The summed E-state index contributed by atoms with van der Waals surface area (Å²) in [5, 5.41) is 0. The van der Waals surface area contributed by atoms with Gasteiger partial charge in [-0.25, -0.2) is 0 Å². The molecule has 0 heterocycles. The molecule has 0 aliphatic heterocycles. The molecule has 0 aromatic heterocycles. The highest BCUT2D eigenvalue weighted by Crippen LogP contribution is 2.57. The number of alkyl halides is 3. The monoisotopic (exact) mass is 274 g/mol. The van der Waals surface area contributed by atoms with Crippen molar-refractivity contribution < 1.29 is 17.9 Å². The van der Waals surface area contributed by atoms with E-state index in [4.69, 9.17) is 5.84 Å². The van der Waals surface area contributed by atoms with Crippen molar-refractivity contribution in [2.75, 3.05) is 0 Å². The molecule has 1 fully saturated rings. The van der Waals surface area contributed by atoms with Crippen LogP contribution in [0.5, 0.6) is 5.75 Å². The number of ether oxygens (including phenoxy) is 1. The molecule has 1 aliphatic carbocycles. The molecule has 0 saturated heterocycles. The first-order chi connectivity index (χ1) is 8.73. The van der Waals surface area contributed by atoms with E-state index in [1.807, 2.05) is 0 Å². The van der Waals surface area contributed by atoms with Crippen LogP contribution in [0.3, 0.4) is 0 Å². The molecular weight excluding hydrogens is 257 g/mol. The average Bonchev–Trinajstić information content (AvgIpc) is 2.86. The Labute approximate surface area is 109 Å². The fourth-order valence-corrected chi connectivity index (χ4v) is 2.43. The van der Waals surface area contributed by atoms with Gasteiger partial charge >= 0.3 is 6.36 Å². The molecule has 2 rings (SSSR count). The predicted molar refractivity (Wildman–Crippen MR) is 65.1 cm³/mol. The largest absolute Gasteiger partial charge is 0.573 e. The van der Waals surface area contributed by atoms with E-state index in [9.17, 15) is 13.2 Å². The molecule has 2 unspecified atom stereocenters. The molecule has 1 aliphatic rings. The summed E-state index contributed by atoms with van der Waals surface area (Å²) in [6.45, 7) is 4.22. The fraction of sp³-hybridized carbons (Fsp3) is 0.538. The molecule has 1 saturated carbocycles. The maximum absolute atomic E-state index is 12.2. The number of nitrogens with one attached hydrogen (secondary N) is 1. The lowest BCUT2D eigenvalue weighted by atomic mass is 9.97. The van der Waals surface area contributed by atoms with Crippen molar-refractivity contribution >= 4 is 0 Å². The number of benzene rings is 1. The van der Waals surface area contributed by atoms with E-state index >= 15 is 0 Å². The van der Waals surface area contributed by atoms with E-state index in [1.165, 1.54) is 18.2 Å². The van der Waals surface area contributed by atoms with E-state index in [0.29, 0.717) is 11.5 Å². The fourth-order valence-electron chi connectivity index (χ4n) is 2.43. The number of hydrogen-bond donors (Lipinski definition) is 2. The van der Waals surface area contributed by atoms with Crippen molar-refractivity contribution in [1.29, 1.82) is 0 Å². The van der Waals surface area contributed by atoms with Gasteiger partial charge in [-0.05, 0) is 35.4 Å². The Morgan fingerprint density at radius 2 is 2.05 bits per heavy atom. The summed E-state index contributed by atoms with van der Waals surface area (Å²) >= 11 is 0. The second-order valence-corrected chi connectivity index (χ2v) is 5.56. The lowest BCUT2D eigenvalue weighted by molar-refractivity contribution is -0.274. The van der Waals surface area contributed by atoms with Crippen LogP contribution < -0.4 is 16.0 Å². The predicted octanol–water partition coefficient (Wildman–Crippen LogP) is 3.14. The van der Waals surface area contributed by atoms with Crippen LogP contribution in [-0.4, -0.2) is 6.36 Å². The number of halogens is 3. The Kier molecular flexibility index (Phi) is 3.49. The zero-order chi connectivity index (χ0) is 14.3. The Bertz CT molecular complexity index is 459. The average molecular weight is 274 g/mol. The minimum Gasteiger partial charge on any atom is -0.406 e. The topological polar surface area (TPSA) is 47.3 Å². The van der Waals surface area contributed by atoms with Crippen molar-refractivity contribution in [3.05, 3.63) is 29.8 Å². The van der Waals surface area contributed by atoms with Crippen LogP contribution in [0.2, 0.25) is 0 Å². The molecule has 106 valence electrons. The Morgan fingerprint density at radius 1 is 1.42 bits per heavy atom. The van der Waals surface area contributed by atoms with Crippen molar-refractivity contribution in [3.63, 3.8) is 0 Å². The molecule has 1 aromatic carbocycles. The normalized spacial score (nSPS) is 22.9. The van der Waals surface area contributed by atoms with Crippen LogP contribution in [0.25, 0.3) is 0 Å². The van der Waals surface area contributed by atoms with Gasteiger partial charge in [-0.15, -0.1) is 13.2 Å². The number of hydrogen-bond acceptors (Lipinski definition) is 3. The zero-order valence-electron chi connectivity index (χ0n) is 10.8. The van der Waals surface area contributed by atoms with Crippen LogP contribution in [0, 0.1) is 11.3 Å². The second kappa shape index (κ2) is 4.68. The molecule has 0 amide bonds. The van der Waals surface area contributed by atoms with Crippen molar-refractivity contribution in [2.45, 2.75) is 32.7 Å². The Morgan fingerprint density at radius 3 is 2.53 bits per heavy atom. The van der Waals surface area contributed by atoms with Crippen LogP contribution in [-0.2, 0) is 0 Å². The first kappa shape index (κ1) is 14.1. The van der Waals surface area contributed by atoms with Gasteiger partial charge in [-0.1, -0.05) is 26.0 Å². The number of nitrogens with two attached hydrogens (primary N) is 1. The third kappa shape index (κ3) is 3.39. The first-order valence-electron chi connectivity index (χ1n) is 6.05. The van der Waals surface area contributed by atoms with E-state index in [-0.39, 0.29) is 17.2 Å². The highest BCUT2D eigenvalue weighted by molar-refractivity contribution is 5.32. The number of hydrazine groups is 1. The quantitative estimate of drug-likeness (QED) is 0.655. The van der Waals surface area contributed by atoms with E-state index in [2.05, 4.69) is 24.0 Å². The molecule has 3 N–H and O–H groups in total. The van der Waals surface area contributed by atoms with Gasteiger partial charge in [0.15, 0.2) is 0 Å². The smallest absolute Gasteiger partial charge is 0.406 e. The van der Waals surface area contributed by atoms with Crippen molar-refractivity contribution in [3.8, 4) is 5.75 Å². The summed E-state index contributed by atoms with van der Waals surface area (Å²) in [4.78, 5) is 0. The van der Waals surface area contributed by atoms with E-state index in [1.54, 1.807) is 6.07 Å². The molecule has 2 atom stereocenters. The third-order valence-electron chi connectivity index (χ3n) is 3.62. The standard InChI is InChI=1S/C13H17F3N2O/c1-12(2)7-10(12)11(18-17)8-4-3-5-9(6-8)19-13(14,15)16/h3-6,10-11,18H,7,17H2,1-2H3. The maximum Gasteiger partial charge on any atom is 0.573 e. The molecule has 0 bridgehead atoms. The summed E-state index contributed by atoms with van der Waals surface area (Å²) in [5.74, 6) is 5.63. The highest BCUT2D eigenvalue weighted by atomic mass is 19.4. The minimum absolute atomic E-state index is 0.160. The van der Waals surface area contributed by atoms with Gasteiger partial charge in [-0.3, -0.25) is 11.3 Å². The van der Waals surface area contributed by atoms with Gasteiger partial charge in [0.2, 0.25) is 0 Å². The third-order valence-corrected chi connectivity index (χ3v) is 3.62. The molecular formula is C13H17F3N2O. The molecule has 0 radical (unpaired) electrons. The summed E-state index contributed by atoms with van der Waals surface area (Å²) < 4.78 is 40.5. The van der Waals surface area contributed by atoms with Gasteiger partial charge in [0.05, 0.1) is 0 Å². The lowest BCUT2D eigenvalue weighted by Crippen LogP contribution is -2.30. The SMILES string of the molecule is CC1(C)CC1C(NN)c1cccc(OC(F)(F)F)c1. The van der Waals surface area contributed by atoms with Crippen LogP contribution in [0.4, 0.5) is 13.2 Å². The Balaban J connectivity index is 2.18. The minimum atomic E-state index is -4.68. The highest BCUT2D eigenvalue weighted by Gasteiger charge is 2.50. The molecule has 3 nitrogen and oxygen atoms in total. The summed E-state index contributed by atoms with van der Waals surface area (Å²) in [7, 11) is 0. The van der Waals surface area contributed by atoms with Gasteiger partial charge in [0.1, 0.15) is 5.75 Å². The van der Waals surface area contributed by atoms with E-state index < -0.39 is 6.36 Å². The summed E-state index contributed by atoms with van der Waals surface area (Å²) in [6, 6.07) is 5.79. The van der Waals surface area contributed by atoms with Crippen molar-refractivity contribution in [2.24, 2.45) is 17.2 Å². The second-order valence-electron chi connectivity index (χ2n) is 5.56. The molecule has 19 heavy (non-hydrogen) atoms. The summed E-state index contributed by atoms with van der Waals surface area (Å²) in [5.41, 5.74) is 3.56.